The van der Waals surface area contributed by atoms with Crippen molar-refractivity contribution in [3.8, 4) is 0 Å². The van der Waals surface area contributed by atoms with Crippen LogP contribution in [0.2, 0.25) is 0 Å². The summed E-state index contributed by atoms with van der Waals surface area (Å²) in [6.07, 6.45) is 2.30. The van der Waals surface area contributed by atoms with Crippen LogP contribution < -0.4 is 0 Å². The van der Waals surface area contributed by atoms with Crippen LogP contribution in [-0.4, -0.2) is 23.9 Å². The zero-order valence-corrected chi connectivity index (χ0v) is 11.8. The molecule has 0 aromatic heterocycles. The average Bonchev–Trinajstić information content (AvgIpc) is 3.22. The van der Waals surface area contributed by atoms with Gasteiger partial charge in [-0.1, -0.05) is 49.7 Å². The summed E-state index contributed by atoms with van der Waals surface area (Å²) in [5.74, 6) is 1.44. The van der Waals surface area contributed by atoms with Crippen LogP contribution in [0.4, 0.5) is 0 Å². The fourth-order valence-corrected chi connectivity index (χ4v) is 2.16. The molecule has 0 radical (unpaired) electrons. The van der Waals surface area contributed by atoms with E-state index in [2.05, 4.69) is 6.92 Å². The van der Waals surface area contributed by atoms with Crippen LogP contribution in [0, 0.1) is 11.8 Å². The van der Waals surface area contributed by atoms with Gasteiger partial charge in [-0.25, -0.2) is 0 Å². The van der Waals surface area contributed by atoms with Crippen molar-refractivity contribution in [2.24, 2.45) is 11.8 Å². The minimum atomic E-state index is 0.370. The van der Waals surface area contributed by atoms with Crippen molar-refractivity contribution in [3.63, 3.8) is 0 Å². The van der Waals surface area contributed by atoms with Crippen molar-refractivity contribution in [2.75, 3.05) is 13.1 Å². The van der Waals surface area contributed by atoms with Crippen LogP contribution in [0.3, 0.4) is 0 Å². The van der Waals surface area contributed by atoms with Crippen LogP contribution in [0.1, 0.15) is 33.6 Å². The van der Waals surface area contributed by atoms with E-state index in [0.29, 0.717) is 17.7 Å². The minimum Gasteiger partial charge on any atom is -0.343 e. The number of amides is 1. The highest BCUT2D eigenvalue weighted by Crippen LogP contribution is 2.42. The predicted molar refractivity (Wildman–Crippen MR) is 76.3 cm³/mol. The minimum absolute atomic E-state index is 0.370. The molecule has 1 aliphatic carbocycles. The van der Waals surface area contributed by atoms with Crippen LogP contribution in [0.15, 0.2) is 36.4 Å². The zero-order chi connectivity index (χ0) is 13.4. The molecule has 2 atom stereocenters. The van der Waals surface area contributed by atoms with Gasteiger partial charge in [-0.2, -0.15) is 0 Å². The molecule has 18 heavy (non-hydrogen) atoms. The summed E-state index contributed by atoms with van der Waals surface area (Å²) in [5.41, 5.74) is 0. The molecule has 1 aromatic rings. The van der Waals surface area contributed by atoms with Gasteiger partial charge in [0.15, 0.2) is 0 Å². The SMILES string of the molecule is CCC1CC1C(=O)N(CC)CC.c1ccccc1. The molecule has 0 N–H and O–H groups in total. The Bertz CT molecular complexity index is 306. The first kappa shape index (κ1) is 14.7. The molecule has 0 aliphatic heterocycles. The van der Waals surface area contributed by atoms with E-state index in [-0.39, 0.29) is 0 Å². The molecule has 0 saturated heterocycles. The lowest BCUT2D eigenvalue weighted by Crippen LogP contribution is -2.32. The molecule has 1 amide bonds. The smallest absolute Gasteiger partial charge is 0.225 e. The summed E-state index contributed by atoms with van der Waals surface area (Å²) < 4.78 is 0. The second kappa shape index (κ2) is 7.91. The van der Waals surface area contributed by atoms with E-state index >= 15 is 0 Å². The Kier molecular flexibility index (Phi) is 6.48. The van der Waals surface area contributed by atoms with Gasteiger partial charge in [0.2, 0.25) is 5.91 Å². The Hall–Kier alpha value is -1.31. The second-order valence-corrected chi connectivity index (χ2v) is 4.68. The number of hydrogen-bond acceptors (Lipinski definition) is 1. The molecule has 0 bridgehead atoms. The zero-order valence-electron chi connectivity index (χ0n) is 11.8. The molecule has 2 nitrogen and oxygen atoms in total. The molecule has 1 aliphatic rings. The number of carbonyl (C=O) groups is 1. The van der Waals surface area contributed by atoms with E-state index < -0.39 is 0 Å². The van der Waals surface area contributed by atoms with E-state index in [0.717, 1.165) is 25.9 Å². The summed E-state index contributed by atoms with van der Waals surface area (Å²) in [4.78, 5) is 13.6. The Labute approximate surface area is 111 Å². The normalized spacial score (nSPS) is 20.6. The quantitative estimate of drug-likeness (QED) is 0.796. The maximum absolute atomic E-state index is 11.7. The summed E-state index contributed by atoms with van der Waals surface area (Å²) in [6, 6.07) is 12.0. The van der Waals surface area contributed by atoms with Gasteiger partial charge in [0.1, 0.15) is 0 Å². The molecule has 1 fully saturated rings. The monoisotopic (exact) mass is 247 g/mol. The standard InChI is InChI=1S/C10H19NO.C6H6/c1-4-8-7-9(8)10(12)11(5-2)6-3;1-2-4-6-5-3-1/h8-9H,4-7H2,1-3H3;1-6H. The highest BCUT2D eigenvalue weighted by molar-refractivity contribution is 5.81. The van der Waals surface area contributed by atoms with Crippen LogP contribution >= 0.6 is 0 Å². The molecule has 2 rings (SSSR count). The van der Waals surface area contributed by atoms with Crippen LogP contribution in [-0.2, 0) is 4.79 Å². The first-order chi connectivity index (χ1) is 8.74. The molecule has 2 heteroatoms. The molecule has 1 saturated carbocycles. The number of benzene rings is 1. The van der Waals surface area contributed by atoms with Gasteiger partial charge >= 0.3 is 0 Å². The molecule has 2 unspecified atom stereocenters. The predicted octanol–water partition coefficient (Wildman–Crippen LogP) is 3.59. The third kappa shape index (κ3) is 4.52. The van der Waals surface area contributed by atoms with Gasteiger partial charge < -0.3 is 4.90 Å². The maximum Gasteiger partial charge on any atom is 0.225 e. The number of rotatable bonds is 4. The van der Waals surface area contributed by atoms with Crippen molar-refractivity contribution in [1.29, 1.82) is 0 Å². The average molecular weight is 247 g/mol. The highest BCUT2D eigenvalue weighted by atomic mass is 16.2. The Morgan fingerprint density at radius 2 is 1.44 bits per heavy atom. The summed E-state index contributed by atoms with van der Waals surface area (Å²) in [6.45, 7) is 7.99. The Balaban J connectivity index is 0.000000225. The van der Waals surface area contributed by atoms with E-state index in [1.807, 2.05) is 55.1 Å². The number of hydrogen-bond donors (Lipinski definition) is 0. The van der Waals surface area contributed by atoms with E-state index in [1.165, 1.54) is 0 Å². The van der Waals surface area contributed by atoms with Crippen LogP contribution in [0.5, 0.6) is 0 Å². The number of nitrogens with zero attached hydrogens (tertiary/aromatic N) is 1. The first-order valence-electron chi connectivity index (χ1n) is 7.03. The summed E-state index contributed by atoms with van der Waals surface area (Å²) in [7, 11) is 0. The van der Waals surface area contributed by atoms with E-state index in [1.54, 1.807) is 0 Å². The van der Waals surface area contributed by atoms with Crippen molar-refractivity contribution in [1.82, 2.24) is 4.90 Å². The van der Waals surface area contributed by atoms with Gasteiger partial charge in [0, 0.05) is 19.0 Å². The van der Waals surface area contributed by atoms with Gasteiger partial charge in [-0.3, -0.25) is 4.79 Å². The van der Waals surface area contributed by atoms with Crippen molar-refractivity contribution in [3.05, 3.63) is 36.4 Å². The molecule has 0 heterocycles. The maximum atomic E-state index is 11.7. The van der Waals surface area contributed by atoms with E-state index in [4.69, 9.17) is 0 Å². The molecule has 1 aromatic carbocycles. The van der Waals surface area contributed by atoms with E-state index in [9.17, 15) is 4.79 Å². The van der Waals surface area contributed by atoms with Gasteiger partial charge in [0.05, 0.1) is 0 Å². The number of carbonyl (C=O) groups excluding carboxylic acids is 1. The Morgan fingerprint density at radius 3 is 1.72 bits per heavy atom. The van der Waals surface area contributed by atoms with Gasteiger partial charge in [-0.15, -0.1) is 0 Å². The molecular formula is C16H25NO. The largest absolute Gasteiger partial charge is 0.343 e. The fraction of sp³-hybridized carbons (Fsp3) is 0.562. The molecular weight excluding hydrogens is 222 g/mol. The molecule has 0 spiro atoms. The van der Waals surface area contributed by atoms with Gasteiger partial charge in [-0.05, 0) is 26.2 Å². The van der Waals surface area contributed by atoms with Crippen molar-refractivity contribution < 1.29 is 4.79 Å². The van der Waals surface area contributed by atoms with Crippen molar-refractivity contribution in [2.45, 2.75) is 33.6 Å². The Morgan fingerprint density at radius 1 is 1.00 bits per heavy atom. The van der Waals surface area contributed by atoms with Crippen LogP contribution in [0.25, 0.3) is 0 Å². The molecule has 100 valence electrons. The third-order valence-electron chi connectivity index (χ3n) is 3.51. The van der Waals surface area contributed by atoms with Gasteiger partial charge in [0.25, 0.3) is 0 Å². The van der Waals surface area contributed by atoms with Crippen molar-refractivity contribution >= 4 is 5.91 Å². The highest BCUT2D eigenvalue weighted by Gasteiger charge is 2.42. The second-order valence-electron chi connectivity index (χ2n) is 4.68. The summed E-state index contributed by atoms with van der Waals surface area (Å²) >= 11 is 0. The fourth-order valence-electron chi connectivity index (χ4n) is 2.16. The third-order valence-corrected chi connectivity index (χ3v) is 3.51. The first-order valence-corrected chi connectivity index (χ1v) is 7.03. The topological polar surface area (TPSA) is 20.3 Å². The lowest BCUT2D eigenvalue weighted by atomic mass is 10.2. The summed E-state index contributed by atoms with van der Waals surface area (Å²) in [5, 5.41) is 0. The lowest BCUT2D eigenvalue weighted by Gasteiger charge is -2.18. The lowest BCUT2D eigenvalue weighted by molar-refractivity contribution is -0.132.